The van der Waals surface area contributed by atoms with E-state index in [1.165, 1.54) is 0 Å². The van der Waals surface area contributed by atoms with Gasteiger partial charge in [0.05, 0.1) is 14.2 Å². The van der Waals surface area contributed by atoms with E-state index in [0.29, 0.717) is 6.54 Å². The molecule has 0 radical (unpaired) electrons. The van der Waals surface area contributed by atoms with Crippen molar-refractivity contribution in [2.45, 2.75) is 5.37 Å². The van der Waals surface area contributed by atoms with Crippen LogP contribution in [0, 0.1) is 0 Å². The van der Waals surface area contributed by atoms with Gasteiger partial charge in [0, 0.05) is 29.6 Å². The number of anilines is 1. The lowest BCUT2D eigenvalue weighted by molar-refractivity contribution is 0.213. The standard InChI is InChI=1S/C18H20N2O3S/c1-22-14-8-9-15(16(12-14)23-2)17-20(10-11-24-17)18(21)19-13-6-4-3-5-7-13/h3-9,12,17H,10-11H2,1-2H3,(H,19,21). The molecule has 1 atom stereocenters. The van der Waals surface area contributed by atoms with Crippen molar-refractivity contribution in [3.8, 4) is 11.5 Å². The van der Waals surface area contributed by atoms with E-state index in [1.54, 1.807) is 26.0 Å². The smallest absolute Gasteiger partial charge is 0.323 e. The summed E-state index contributed by atoms with van der Waals surface area (Å²) in [7, 11) is 3.25. The first-order chi connectivity index (χ1) is 11.7. The van der Waals surface area contributed by atoms with E-state index in [1.807, 2.05) is 53.4 Å². The Morgan fingerprint density at radius 3 is 2.67 bits per heavy atom. The van der Waals surface area contributed by atoms with Crippen LogP contribution < -0.4 is 14.8 Å². The molecule has 2 amide bonds. The van der Waals surface area contributed by atoms with Gasteiger partial charge in [-0.15, -0.1) is 11.8 Å². The third-order valence-corrected chi connectivity index (χ3v) is 5.13. The lowest BCUT2D eigenvalue weighted by Gasteiger charge is -2.26. The lowest BCUT2D eigenvalue weighted by atomic mass is 10.1. The van der Waals surface area contributed by atoms with Crippen molar-refractivity contribution in [3.05, 3.63) is 54.1 Å². The number of methoxy groups -OCH3 is 2. The van der Waals surface area contributed by atoms with Crippen LogP contribution >= 0.6 is 11.8 Å². The molecule has 1 saturated heterocycles. The Labute approximate surface area is 145 Å². The van der Waals surface area contributed by atoms with E-state index in [0.717, 1.165) is 28.5 Å². The number of para-hydroxylation sites is 1. The molecule has 126 valence electrons. The van der Waals surface area contributed by atoms with Crippen LogP contribution in [0.25, 0.3) is 0 Å². The molecule has 1 aliphatic rings. The molecule has 1 heterocycles. The zero-order valence-corrected chi connectivity index (χ0v) is 14.5. The summed E-state index contributed by atoms with van der Waals surface area (Å²) in [5.41, 5.74) is 1.77. The topological polar surface area (TPSA) is 50.8 Å². The number of amides is 2. The van der Waals surface area contributed by atoms with Crippen molar-refractivity contribution < 1.29 is 14.3 Å². The van der Waals surface area contributed by atoms with Crippen molar-refractivity contribution >= 4 is 23.5 Å². The molecule has 1 aliphatic heterocycles. The minimum atomic E-state index is -0.103. The molecule has 2 aromatic rings. The third kappa shape index (κ3) is 3.43. The van der Waals surface area contributed by atoms with Gasteiger partial charge in [-0.3, -0.25) is 0 Å². The summed E-state index contributed by atoms with van der Waals surface area (Å²) < 4.78 is 10.7. The Balaban J connectivity index is 1.81. The van der Waals surface area contributed by atoms with Crippen molar-refractivity contribution in [2.75, 3.05) is 31.8 Å². The maximum atomic E-state index is 12.7. The number of benzene rings is 2. The first kappa shape index (κ1) is 16.5. The SMILES string of the molecule is COc1ccc(C2SCCN2C(=O)Nc2ccccc2)c(OC)c1. The minimum absolute atomic E-state index is 0.0745. The average molecular weight is 344 g/mol. The number of ether oxygens (including phenoxy) is 2. The van der Waals surface area contributed by atoms with Crippen molar-refractivity contribution in [3.63, 3.8) is 0 Å². The second-order valence-corrected chi connectivity index (χ2v) is 6.51. The molecule has 0 spiro atoms. The zero-order chi connectivity index (χ0) is 16.9. The van der Waals surface area contributed by atoms with Crippen LogP contribution in [0.4, 0.5) is 10.5 Å². The highest BCUT2D eigenvalue weighted by Gasteiger charge is 2.32. The predicted octanol–water partition coefficient (Wildman–Crippen LogP) is 3.98. The summed E-state index contributed by atoms with van der Waals surface area (Å²) in [6, 6.07) is 15.1. The van der Waals surface area contributed by atoms with E-state index in [4.69, 9.17) is 9.47 Å². The van der Waals surface area contributed by atoms with Gasteiger partial charge in [0.15, 0.2) is 0 Å². The van der Waals surface area contributed by atoms with E-state index in [2.05, 4.69) is 5.32 Å². The van der Waals surface area contributed by atoms with Crippen LogP contribution in [0.15, 0.2) is 48.5 Å². The second-order valence-electron chi connectivity index (χ2n) is 5.32. The molecule has 5 nitrogen and oxygen atoms in total. The molecule has 1 fully saturated rings. The summed E-state index contributed by atoms with van der Waals surface area (Å²) in [5, 5.41) is 2.88. The largest absolute Gasteiger partial charge is 0.497 e. The Bertz CT molecular complexity index is 709. The molecule has 1 unspecified atom stereocenters. The van der Waals surface area contributed by atoms with Crippen LogP contribution in [0.1, 0.15) is 10.9 Å². The Morgan fingerprint density at radius 1 is 1.17 bits per heavy atom. The minimum Gasteiger partial charge on any atom is -0.497 e. The fourth-order valence-electron chi connectivity index (χ4n) is 2.67. The number of nitrogens with zero attached hydrogens (tertiary/aromatic N) is 1. The van der Waals surface area contributed by atoms with Crippen LogP contribution in [0.2, 0.25) is 0 Å². The molecule has 2 aromatic carbocycles. The van der Waals surface area contributed by atoms with Crippen LogP contribution in [0.3, 0.4) is 0 Å². The number of nitrogens with one attached hydrogen (secondary N) is 1. The molecule has 0 aliphatic carbocycles. The van der Waals surface area contributed by atoms with Crippen LogP contribution in [-0.4, -0.2) is 37.4 Å². The van der Waals surface area contributed by atoms with Crippen molar-refractivity contribution in [2.24, 2.45) is 0 Å². The van der Waals surface area contributed by atoms with Crippen molar-refractivity contribution in [1.29, 1.82) is 0 Å². The van der Waals surface area contributed by atoms with Gasteiger partial charge in [0.25, 0.3) is 0 Å². The molecule has 0 saturated carbocycles. The molecular formula is C18H20N2O3S. The van der Waals surface area contributed by atoms with E-state index in [-0.39, 0.29) is 11.4 Å². The summed E-state index contributed by atoms with van der Waals surface area (Å²) in [5.74, 6) is 2.35. The first-order valence-electron chi connectivity index (χ1n) is 7.69. The third-order valence-electron chi connectivity index (χ3n) is 3.88. The zero-order valence-electron chi connectivity index (χ0n) is 13.7. The fourth-order valence-corrected chi connectivity index (χ4v) is 3.96. The quantitative estimate of drug-likeness (QED) is 0.911. The average Bonchev–Trinajstić information content (AvgIpc) is 3.11. The molecule has 24 heavy (non-hydrogen) atoms. The number of urea groups is 1. The molecule has 6 heteroatoms. The molecule has 0 bridgehead atoms. The summed E-state index contributed by atoms with van der Waals surface area (Å²) in [6.45, 7) is 0.698. The lowest BCUT2D eigenvalue weighted by Crippen LogP contribution is -2.34. The molecule has 1 N–H and O–H groups in total. The number of carbonyl (C=O) groups excluding carboxylic acids is 1. The van der Waals surface area contributed by atoms with Gasteiger partial charge in [-0.05, 0) is 24.3 Å². The summed E-state index contributed by atoms with van der Waals surface area (Å²) in [6.07, 6.45) is 0. The molecule has 0 aromatic heterocycles. The first-order valence-corrected chi connectivity index (χ1v) is 8.74. The van der Waals surface area contributed by atoms with Gasteiger partial charge in [0.1, 0.15) is 16.9 Å². The Morgan fingerprint density at radius 2 is 1.96 bits per heavy atom. The van der Waals surface area contributed by atoms with Crippen LogP contribution in [0.5, 0.6) is 11.5 Å². The number of hydrogen-bond donors (Lipinski definition) is 1. The van der Waals surface area contributed by atoms with Gasteiger partial charge in [0.2, 0.25) is 0 Å². The Kier molecular flexibility index (Phi) is 5.15. The predicted molar refractivity (Wildman–Crippen MR) is 96.9 cm³/mol. The van der Waals surface area contributed by atoms with Crippen molar-refractivity contribution in [1.82, 2.24) is 4.90 Å². The second kappa shape index (κ2) is 7.49. The van der Waals surface area contributed by atoms with E-state index in [9.17, 15) is 4.79 Å². The Hall–Kier alpha value is -2.34. The monoisotopic (exact) mass is 344 g/mol. The van der Waals surface area contributed by atoms with Gasteiger partial charge < -0.3 is 19.7 Å². The van der Waals surface area contributed by atoms with Gasteiger partial charge in [-0.25, -0.2) is 4.79 Å². The summed E-state index contributed by atoms with van der Waals surface area (Å²) in [4.78, 5) is 14.5. The van der Waals surface area contributed by atoms with Gasteiger partial charge in [-0.2, -0.15) is 0 Å². The maximum Gasteiger partial charge on any atom is 0.323 e. The van der Waals surface area contributed by atoms with E-state index < -0.39 is 0 Å². The highest BCUT2D eigenvalue weighted by molar-refractivity contribution is 7.99. The maximum absolute atomic E-state index is 12.7. The normalized spacial score (nSPS) is 16.8. The molecule has 3 rings (SSSR count). The highest BCUT2D eigenvalue weighted by atomic mass is 32.2. The van der Waals surface area contributed by atoms with Gasteiger partial charge in [-0.1, -0.05) is 18.2 Å². The number of carbonyl (C=O) groups is 1. The number of thioether (sulfide) groups is 1. The van der Waals surface area contributed by atoms with Crippen LogP contribution in [-0.2, 0) is 0 Å². The fraction of sp³-hybridized carbons (Fsp3) is 0.278. The highest BCUT2D eigenvalue weighted by Crippen LogP contribution is 2.43. The van der Waals surface area contributed by atoms with Gasteiger partial charge >= 0.3 is 6.03 Å². The number of hydrogen-bond acceptors (Lipinski definition) is 4. The van der Waals surface area contributed by atoms with E-state index >= 15 is 0 Å². The molecular weight excluding hydrogens is 324 g/mol. The number of rotatable bonds is 4. The summed E-state index contributed by atoms with van der Waals surface area (Å²) >= 11 is 1.73.